The van der Waals surface area contributed by atoms with Gasteiger partial charge in [0.15, 0.2) is 5.69 Å². The van der Waals surface area contributed by atoms with Crippen LogP contribution in [0.3, 0.4) is 0 Å². The molecule has 4 heteroatoms. The van der Waals surface area contributed by atoms with E-state index in [0.29, 0.717) is 11.6 Å². The lowest BCUT2D eigenvalue weighted by Crippen LogP contribution is -2.33. The van der Waals surface area contributed by atoms with Gasteiger partial charge in [0.05, 0.1) is 11.4 Å². The Labute approximate surface area is 172 Å². The SMILES string of the molecule is Cc1ccc(NC(=O)c2nn(-c3ccccc3)c3c2[C@@H]2CC[C@@]3(C)C2(C)C)cc1. The molecular weight excluding hydrogens is 358 g/mol. The highest BCUT2D eigenvalue weighted by Crippen LogP contribution is 2.68. The van der Waals surface area contributed by atoms with Crippen LogP contribution < -0.4 is 5.32 Å². The summed E-state index contributed by atoms with van der Waals surface area (Å²) >= 11 is 0. The summed E-state index contributed by atoms with van der Waals surface area (Å²) in [4.78, 5) is 13.3. The van der Waals surface area contributed by atoms with Crippen LogP contribution in [0.25, 0.3) is 5.69 Å². The van der Waals surface area contributed by atoms with Crippen LogP contribution in [-0.4, -0.2) is 15.7 Å². The fraction of sp³-hybridized carbons (Fsp3) is 0.360. The molecule has 2 aromatic carbocycles. The van der Waals surface area contributed by atoms with Gasteiger partial charge in [0.25, 0.3) is 5.91 Å². The number of carbonyl (C=O) groups excluding carboxylic acids is 1. The third-order valence-corrected chi connectivity index (χ3v) is 7.54. The number of carbonyl (C=O) groups is 1. The number of hydrogen-bond donors (Lipinski definition) is 1. The van der Waals surface area contributed by atoms with E-state index in [0.717, 1.165) is 29.8 Å². The second-order valence-electron chi connectivity index (χ2n) is 9.32. The van der Waals surface area contributed by atoms with E-state index in [9.17, 15) is 4.79 Å². The maximum absolute atomic E-state index is 13.3. The minimum Gasteiger partial charge on any atom is -0.321 e. The minimum absolute atomic E-state index is 0.0121. The van der Waals surface area contributed by atoms with Crippen molar-refractivity contribution in [3.05, 3.63) is 77.1 Å². The first kappa shape index (κ1) is 18.2. The number of para-hydroxylation sites is 1. The number of nitrogens with one attached hydrogen (secondary N) is 1. The molecule has 29 heavy (non-hydrogen) atoms. The van der Waals surface area contributed by atoms with Crippen molar-refractivity contribution in [2.24, 2.45) is 5.41 Å². The standard InChI is InChI=1S/C25H27N3O/c1-16-10-12-17(13-11-16)26-23(29)21-20-19-14-15-25(4,24(19,2)3)22(20)28(27-21)18-8-6-5-7-9-18/h5-13,19H,14-15H2,1-4H3,(H,26,29)/t19-,25+/m0/s1. The van der Waals surface area contributed by atoms with Crippen molar-refractivity contribution in [2.75, 3.05) is 5.32 Å². The van der Waals surface area contributed by atoms with E-state index in [2.05, 4.69) is 38.2 Å². The van der Waals surface area contributed by atoms with Gasteiger partial charge in [0, 0.05) is 16.7 Å². The monoisotopic (exact) mass is 385 g/mol. The van der Waals surface area contributed by atoms with Gasteiger partial charge < -0.3 is 5.32 Å². The van der Waals surface area contributed by atoms with Crippen molar-refractivity contribution in [1.29, 1.82) is 0 Å². The Bertz CT molecular complexity index is 1100. The van der Waals surface area contributed by atoms with Gasteiger partial charge in [-0.15, -0.1) is 0 Å². The van der Waals surface area contributed by atoms with E-state index in [1.807, 2.05) is 54.1 Å². The van der Waals surface area contributed by atoms with Crippen molar-refractivity contribution in [3.8, 4) is 5.69 Å². The highest BCUT2D eigenvalue weighted by molar-refractivity contribution is 6.04. The smallest absolute Gasteiger partial charge is 0.276 e. The lowest BCUT2D eigenvalue weighted by molar-refractivity contribution is 0.101. The molecule has 5 rings (SSSR count). The Hall–Kier alpha value is -2.88. The molecule has 1 aromatic heterocycles. The molecule has 1 N–H and O–H groups in total. The third-order valence-electron chi connectivity index (χ3n) is 7.54. The first-order chi connectivity index (χ1) is 13.8. The Balaban J connectivity index is 1.65. The molecule has 3 aromatic rings. The van der Waals surface area contributed by atoms with Gasteiger partial charge in [-0.3, -0.25) is 4.79 Å². The summed E-state index contributed by atoms with van der Waals surface area (Å²) < 4.78 is 2.03. The van der Waals surface area contributed by atoms with Gasteiger partial charge in [-0.05, 0) is 55.4 Å². The highest BCUT2D eigenvalue weighted by atomic mass is 16.2. The Morgan fingerprint density at radius 2 is 1.76 bits per heavy atom. The number of nitrogens with zero attached hydrogens (tertiary/aromatic N) is 2. The number of benzene rings is 2. The molecule has 148 valence electrons. The van der Waals surface area contributed by atoms with Crippen molar-refractivity contribution >= 4 is 11.6 Å². The van der Waals surface area contributed by atoms with E-state index in [1.165, 1.54) is 11.3 Å². The van der Waals surface area contributed by atoms with E-state index in [1.54, 1.807) is 0 Å². The van der Waals surface area contributed by atoms with Gasteiger partial charge in [0.1, 0.15) is 0 Å². The molecule has 0 unspecified atom stereocenters. The second-order valence-corrected chi connectivity index (χ2v) is 9.32. The molecule has 4 nitrogen and oxygen atoms in total. The van der Waals surface area contributed by atoms with Gasteiger partial charge in [-0.25, -0.2) is 4.68 Å². The molecule has 1 saturated carbocycles. The number of fused-ring (bicyclic) bond motifs is 5. The Kier molecular flexibility index (Phi) is 3.79. The van der Waals surface area contributed by atoms with E-state index in [4.69, 9.17) is 5.10 Å². The quantitative estimate of drug-likeness (QED) is 0.637. The zero-order chi connectivity index (χ0) is 20.4. The van der Waals surface area contributed by atoms with Crippen LogP contribution in [0.2, 0.25) is 0 Å². The number of rotatable bonds is 3. The first-order valence-electron chi connectivity index (χ1n) is 10.4. The van der Waals surface area contributed by atoms with Gasteiger partial charge in [-0.1, -0.05) is 56.7 Å². The van der Waals surface area contributed by atoms with Crippen LogP contribution in [0.15, 0.2) is 54.6 Å². The minimum atomic E-state index is -0.119. The Morgan fingerprint density at radius 3 is 2.45 bits per heavy atom. The largest absolute Gasteiger partial charge is 0.321 e. The number of hydrogen-bond acceptors (Lipinski definition) is 2. The molecular formula is C25H27N3O. The molecule has 0 radical (unpaired) electrons. The number of anilines is 1. The lowest BCUT2D eigenvalue weighted by atomic mass is 9.70. The predicted octanol–water partition coefficient (Wildman–Crippen LogP) is 5.61. The molecule has 1 amide bonds. The molecule has 2 bridgehead atoms. The van der Waals surface area contributed by atoms with Crippen molar-refractivity contribution in [2.45, 2.75) is 51.9 Å². The van der Waals surface area contributed by atoms with Crippen LogP contribution in [0.1, 0.15) is 66.8 Å². The normalized spacial score (nSPS) is 23.8. The molecule has 2 aliphatic carbocycles. The molecule has 1 heterocycles. The predicted molar refractivity (Wildman–Crippen MR) is 116 cm³/mol. The lowest BCUT2D eigenvalue weighted by Gasteiger charge is -2.35. The summed E-state index contributed by atoms with van der Waals surface area (Å²) in [5, 5.41) is 7.94. The molecule has 0 saturated heterocycles. The highest BCUT2D eigenvalue weighted by Gasteiger charge is 2.63. The summed E-state index contributed by atoms with van der Waals surface area (Å²) in [5.74, 6) is 0.241. The fourth-order valence-electron chi connectivity index (χ4n) is 5.47. The van der Waals surface area contributed by atoms with Crippen LogP contribution in [0.5, 0.6) is 0 Å². The maximum Gasteiger partial charge on any atom is 0.276 e. The van der Waals surface area contributed by atoms with Gasteiger partial charge >= 0.3 is 0 Å². The average Bonchev–Trinajstić information content (AvgIpc) is 3.27. The van der Waals surface area contributed by atoms with Crippen LogP contribution in [0.4, 0.5) is 5.69 Å². The summed E-state index contributed by atoms with van der Waals surface area (Å²) in [6.07, 6.45) is 2.25. The van der Waals surface area contributed by atoms with Crippen LogP contribution >= 0.6 is 0 Å². The molecule has 2 aliphatic rings. The molecule has 2 atom stereocenters. The second kappa shape index (κ2) is 6.06. The van der Waals surface area contributed by atoms with E-state index >= 15 is 0 Å². The fourth-order valence-corrected chi connectivity index (χ4v) is 5.47. The molecule has 1 fully saturated rings. The topological polar surface area (TPSA) is 46.9 Å². The summed E-state index contributed by atoms with van der Waals surface area (Å²) in [6.45, 7) is 9.09. The molecule has 0 spiro atoms. The van der Waals surface area contributed by atoms with Crippen molar-refractivity contribution in [3.63, 3.8) is 0 Å². The summed E-state index contributed by atoms with van der Waals surface area (Å²) in [5.41, 5.74) is 6.06. The van der Waals surface area contributed by atoms with E-state index < -0.39 is 0 Å². The van der Waals surface area contributed by atoms with Crippen LogP contribution in [-0.2, 0) is 5.41 Å². The summed E-state index contributed by atoms with van der Waals surface area (Å²) in [7, 11) is 0. The third kappa shape index (κ3) is 2.44. The van der Waals surface area contributed by atoms with Crippen molar-refractivity contribution < 1.29 is 4.79 Å². The zero-order valence-corrected chi connectivity index (χ0v) is 17.5. The zero-order valence-electron chi connectivity index (χ0n) is 17.5. The van der Waals surface area contributed by atoms with E-state index in [-0.39, 0.29) is 16.7 Å². The van der Waals surface area contributed by atoms with Gasteiger partial charge in [-0.2, -0.15) is 5.10 Å². The summed E-state index contributed by atoms with van der Waals surface area (Å²) in [6, 6.07) is 18.1. The molecule has 0 aliphatic heterocycles. The van der Waals surface area contributed by atoms with Crippen LogP contribution in [0, 0.1) is 12.3 Å². The Morgan fingerprint density at radius 1 is 1.07 bits per heavy atom. The first-order valence-corrected chi connectivity index (χ1v) is 10.4. The average molecular weight is 386 g/mol. The number of aryl methyl sites for hydroxylation is 1. The number of amides is 1. The van der Waals surface area contributed by atoms with Gasteiger partial charge in [0.2, 0.25) is 0 Å². The van der Waals surface area contributed by atoms with Crippen molar-refractivity contribution in [1.82, 2.24) is 9.78 Å². The maximum atomic E-state index is 13.3. The number of aromatic nitrogens is 2.